The molecule has 0 saturated heterocycles. The van der Waals surface area contributed by atoms with Crippen molar-refractivity contribution in [2.45, 2.75) is 32.2 Å². The van der Waals surface area contributed by atoms with Crippen LogP contribution in [0, 0.1) is 5.92 Å². The highest BCUT2D eigenvalue weighted by atomic mass is 32.1. The van der Waals surface area contributed by atoms with Crippen molar-refractivity contribution in [3.8, 4) is 11.1 Å². The summed E-state index contributed by atoms with van der Waals surface area (Å²) in [6, 6.07) is 15.6. The second-order valence-electron chi connectivity index (χ2n) is 8.40. The number of aliphatic carboxylic acids is 1. The molecular formula is C25H25N3O5S. The Balaban J connectivity index is 1.36. The lowest BCUT2D eigenvalue weighted by Crippen LogP contribution is -2.39. The number of nitrogens with zero attached hydrogens (tertiary/aromatic N) is 1. The Morgan fingerprint density at radius 3 is 2.26 bits per heavy atom. The predicted octanol–water partition coefficient (Wildman–Crippen LogP) is 4.73. The van der Waals surface area contributed by atoms with Crippen molar-refractivity contribution in [3.63, 3.8) is 0 Å². The molecule has 176 valence electrons. The van der Waals surface area contributed by atoms with Crippen LogP contribution in [0.3, 0.4) is 0 Å². The van der Waals surface area contributed by atoms with Gasteiger partial charge in [-0.1, -0.05) is 73.7 Å². The number of benzene rings is 2. The molecule has 0 aliphatic heterocycles. The number of carboxylic acids is 1. The lowest BCUT2D eigenvalue weighted by Gasteiger charge is -2.19. The summed E-state index contributed by atoms with van der Waals surface area (Å²) in [6.07, 6.45) is 0.513. The Hall–Kier alpha value is -3.72. The number of carbonyl (C=O) groups excluding carboxylic acids is 2. The van der Waals surface area contributed by atoms with Gasteiger partial charge >= 0.3 is 12.1 Å². The van der Waals surface area contributed by atoms with E-state index in [9.17, 15) is 14.4 Å². The van der Waals surface area contributed by atoms with Gasteiger partial charge < -0.3 is 15.2 Å². The van der Waals surface area contributed by atoms with Crippen LogP contribution in [0.4, 0.5) is 9.93 Å². The number of ether oxygens (including phenoxy) is 1. The molecule has 4 rings (SSSR count). The van der Waals surface area contributed by atoms with Gasteiger partial charge in [0.25, 0.3) is 5.91 Å². The Kier molecular flexibility index (Phi) is 6.93. The molecule has 8 nitrogen and oxygen atoms in total. The van der Waals surface area contributed by atoms with E-state index in [4.69, 9.17) is 9.84 Å². The van der Waals surface area contributed by atoms with Crippen molar-refractivity contribution in [3.05, 3.63) is 70.7 Å². The number of hydrogen-bond acceptors (Lipinski definition) is 6. The Bertz CT molecular complexity index is 1180. The molecule has 2 aromatic carbocycles. The van der Waals surface area contributed by atoms with Crippen LogP contribution in [0.15, 0.2) is 54.7 Å². The zero-order valence-electron chi connectivity index (χ0n) is 18.8. The molecular weight excluding hydrogens is 454 g/mol. The number of carbonyl (C=O) groups is 3. The van der Waals surface area contributed by atoms with Crippen molar-refractivity contribution in [1.82, 2.24) is 10.3 Å². The van der Waals surface area contributed by atoms with Crippen molar-refractivity contribution >= 4 is 34.4 Å². The first-order chi connectivity index (χ1) is 16.3. The molecule has 1 atom stereocenters. The van der Waals surface area contributed by atoms with E-state index < -0.39 is 24.0 Å². The topological polar surface area (TPSA) is 118 Å². The average molecular weight is 480 g/mol. The normalized spacial score (nSPS) is 13.1. The first kappa shape index (κ1) is 23.4. The van der Waals surface area contributed by atoms with E-state index in [0.29, 0.717) is 0 Å². The summed E-state index contributed by atoms with van der Waals surface area (Å²) < 4.78 is 5.50. The van der Waals surface area contributed by atoms with Gasteiger partial charge in [-0.05, 0) is 28.2 Å². The molecule has 0 fully saturated rings. The molecule has 3 N–H and O–H groups in total. The second-order valence-corrected chi connectivity index (χ2v) is 9.43. The maximum absolute atomic E-state index is 12.5. The molecule has 1 aromatic heterocycles. The zero-order chi connectivity index (χ0) is 24.2. The maximum atomic E-state index is 12.5. The fourth-order valence-electron chi connectivity index (χ4n) is 4.04. The molecule has 0 unspecified atom stereocenters. The van der Waals surface area contributed by atoms with Gasteiger partial charge in [0.05, 0.1) is 12.6 Å². The lowest BCUT2D eigenvalue weighted by atomic mass is 9.98. The summed E-state index contributed by atoms with van der Waals surface area (Å²) in [7, 11) is 0. The summed E-state index contributed by atoms with van der Waals surface area (Å²) in [4.78, 5) is 40.3. The fraction of sp³-hybridized carbons (Fsp3) is 0.280. The van der Waals surface area contributed by atoms with E-state index >= 15 is 0 Å². The van der Waals surface area contributed by atoms with E-state index in [1.54, 1.807) is 0 Å². The van der Waals surface area contributed by atoms with Gasteiger partial charge in [0.2, 0.25) is 0 Å². The number of aromatic nitrogens is 1. The minimum atomic E-state index is -0.985. The van der Waals surface area contributed by atoms with Gasteiger partial charge in [0, 0.05) is 12.0 Å². The monoisotopic (exact) mass is 479 g/mol. The first-order valence-corrected chi connectivity index (χ1v) is 11.8. The van der Waals surface area contributed by atoms with Gasteiger partial charge in [-0.2, -0.15) is 0 Å². The smallest absolute Gasteiger partial charge is 0.413 e. The second kappa shape index (κ2) is 10.0. The zero-order valence-corrected chi connectivity index (χ0v) is 19.6. The predicted molar refractivity (Wildman–Crippen MR) is 129 cm³/mol. The average Bonchev–Trinajstić information content (AvgIpc) is 3.39. The maximum Gasteiger partial charge on any atom is 0.413 e. The molecule has 0 spiro atoms. The third kappa shape index (κ3) is 5.09. The van der Waals surface area contributed by atoms with E-state index in [0.717, 1.165) is 33.6 Å². The molecule has 1 aliphatic rings. The van der Waals surface area contributed by atoms with Crippen LogP contribution in [-0.4, -0.2) is 40.7 Å². The van der Waals surface area contributed by atoms with Crippen molar-refractivity contribution in [1.29, 1.82) is 0 Å². The molecule has 0 radical (unpaired) electrons. The van der Waals surface area contributed by atoms with E-state index in [1.807, 2.05) is 50.2 Å². The van der Waals surface area contributed by atoms with Crippen molar-refractivity contribution < 1.29 is 24.2 Å². The molecule has 9 heteroatoms. The van der Waals surface area contributed by atoms with E-state index in [2.05, 4.69) is 27.8 Å². The van der Waals surface area contributed by atoms with E-state index in [1.165, 1.54) is 6.20 Å². The number of nitrogens with one attached hydrogen (secondary N) is 2. The Morgan fingerprint density at radius 1 is 1.06 bits per heavy atom. The fourth-order valence-corrected chi connectivity index (χ4v) is 4.74. The third-order valence-electron chi connectivity index (χ3n) is 5.80. The van der Waals surface area contributed by atoms with Crippen molar-refractivity contribution in [2.24, 2.45) is 5.92 Å². The highest BCUT2D eigenvalue weighted by molar-refractivity contribution is 7.17. The standard InChI is InChI=1S/C25H25N3O5S/c1-14(2)20(11-22(29)30)27-23(31)21-12-26-24(34-21)28-25(32)33-13-19-17-9-5-3-7-15(17)16-8-4-6-10-18(16)19/h3-10,12,14,19-20H,11,13H2,1-2H3,(H,27,31)(H,29,30)(H,26,28,32)/t20-/m1/s1. The molecule has 0 saturated carbocycles. The minimum absolute atomic E-state index is 0.0496. The molecule has 1 aliphatic carbocycles. The SMILES string of the molecule is CC(C)[C@@H](CC(=O)O)NC(=O)c1cnc(NC(=O)OCC2c3ccccc3-c3ccccc32)s1. The van der Waals surface area contributed by atoms with Crippen LogP contribution >= 0.6 is 11.3 Å². The van der Waals surface area contributed by atoms with Gasteiger partial charge in [-0.25, -0.2) is 9.78 Å². The number of anilines is 1. The Labute approximate surface area is 201 Å². The number of amides is 2. The van der Waals surface area contributed by atoms with Crippen molar-refractivity contribution in [2.75, 3.05) is 11.9 Å². The summed E-state index contributed by atoms with van der Waals surface area (Å²) in [5.74, 6) is -1.52. The van der Waals surface area contributed by atoms with Gasteiger partial charge in [-0.15, -0.1) is 0 Å². The minimum Gasteiger partial charge on any atom is -0.481 e. The molecule has 3 aromatic rings. The summed E-state index contributed by atoms with van der Waals surface area (Å²) in [6.45, 7) is 3.85. The summed E-state index contributed by atoms with van der Waals surface area (Å²) in [5.41, 5.74) is 4.52. The van der Waals surface area contributed by atoms with Crippen LogP contribution < -0.4 is 10.6 Å². The van der Waals surface area contributed by atoms with Gasteiger partial charge in [-0.3, -0.25) is 14.9 Å². The van der Waals surface area contributed by atoms with Gasteiger partial charge in [0.15, 0.2) is 5.13 Å². The van der Waals surface area contributed by atoms with Crippen LogP contribution in [0.25, 0.3) is 11.1 Å². The van der Waals surface area contributed by atoms with Crippen LogP contribution in [0.1, 0.15) is 47.0 Å². The summed E-state index contributed by atoms with van der Waals surface area (Å²) >= 11 is 0.995. The molecule has 2 amide bonds. The molecule has 1 heterocycles. The largest absolute Gasteiger partial charge is 0.481 e. The number of thiazole rings is 1. The summed E-state index contributed by atoms with van der Waals surface area (Å²) in [5, 5.41) is 14.5. The first-order valence-electron chi connectivity index (χ1n) is 10.9. The number of fused-ring (bicyclic) bond motifs is 3. The van der Waals surface area contributed by atoms with Crippen LogP contribution in [-0.2, 0) is 9.53 Å². The number of hydrogen-bond donors (Lipinski definition) is 3. The van der Waals surface area contributed by atoms with Crippen LogP contribution in [0.2, 0.25) is 0 Å². The number of rotatable bonds is 8. The Morgan fingerprint density at radius 2 is 1.68 bits per heavy atom. The highest BCUT2D eigenvalue weighted by Crippen LogP contribution is 2.44. The highest BCUT2D eigenvalue weighted by Gasteiger charge is 2.29. The number of carboxylic acid groups (broad SMARTS) is 1. The molecule has 34 heavy (non-hydrogen) atoms. The third-order valence-corrected chi connectivity index (χ3v) is 6.71. The lowest BCUT2D eigenvalue weighted by molar-refractivity contribution is -0.137. The quantitative estimate of drug-likeness (QED) is 0.430. The molecule has 0 bridgehead atoms. The van der Waals surface area contributed by atoms with Crippen LogP contribution in [0.5, 0.6) is 0 Å². The van der Waals surface area contributed by atoms with Gasteiger partial charge in [0.1, 0.15) is 11.5 Å². The van der Waals surface area contributed by atoms with E-state index in [-0.39, 0.29) is 34.9 Å².